The number of aliphatic hydroxyl groups is 1. The van der Waals surface area contributed by atoms with E-state index in [-0.39, 0.29) is 24.3 Å². The molecule has 0 spiro atoms. The highest BCUT2D eigenvalue weighted by atomic mass is 35.5. The number of anilines is 3. The van der Waals surface area contributed by atoms with E-state index in [0.717, 1.165) is 16.5 Å². The Labute approximate surface area is 313 Å². The van der Waals surface area contributed by atoms with E-state index in [1.165, 1.54) is 19.1 Å². The van der Waals surface area contributed by atoms with Gasteiger partial charge in [0.2, 0.25) is 5.91 Å². The van der Waals surface area contributed by atoms with Crippen LogP contribution in [0.15, 0.2) is 66.3 Å². The van der Waals surface area contributed by atoms with Gasteiger partial charge in [0, 0.05) is 37.6 Å². The number of fused-ring (bicyclic) bond motifs is 6. The van der Waals surface area contributed by atoms with Crippen LogP contribution in [0.25, 0.3) is 10.9 Å². The topological polar surface area (TPSA) is 175 Å². The average Bonchev–Trinajstić information content (AvgIpc) is 3.81. The molecular formula is C39H45ClN4O9. The number of carbonyl (C=O) groups is 3. The van der Waals surface area contributed by atoms with Crippen molar-refractivity contribution in [3.05, 3.63) is 76.9 Å². The summed E-state index contributed by atoms with van der Waals surface area (Å²) in [4.78, 5) is 46.3. The third-order valence-corrected chi connectivity index (χ3v) is 10.8. The zero-order valence-electron chi connectivity index (χ0n) is 30.6. The fourth-order valence-corrected chi connectivity index (χ4v) is 7.67. The molecule has 2 aromatic carbocycles. The first kappa shape index (κ1) is 38.0. The Morgan fingerprint density at radius 1 is 1.17 bits per heavy atom. The summed E-state index contributed by atoms with van der Waals surface area (Å²) in [7, 11) is 4.57. The molecule has 2 saturated heterocycles. The Kier molecular flexibility index (Phi) is 10.8. The molecular weight excluding hydrogens is 704 g/mol. The van der Waals surface area contributed by atoms with E-state index in [2.05, 4.69) is 10.3 Å². The molecule has 6 rings (SSSR count). The molecule has 0 saturated carbocycles. The molecule has 0 aliphatic carbocycles. The first-order chi connectivity index (χ1) is 25.1. The number of benzene rings is 2. The number of pyridine rings is 1. The molecule has 4 heterocycles. The summed E-state index contributed by atoms with van der Waals surface area (Å²) in [5.41, 5.74) is 6.36. The number of esters is 1. The van der Waals surface area contributed by atoms with Crippen LogP contribution in [-0.2, 0) is 35.0 Å². The number of rotatable bonds is 4. The first-order valence-corrected chi connectivity index (χ1v) is 17.7. The highest BCUT2D eigenvalue weighted by Crippen LogP contribution is 2.50. The maximum absolute atomic E-state index is 14.1. The Morgan fingerprint density at radius 2 is 1.94 bits per heavy atom. The molecule has 4 bridgehead atoms. The van der Waals surface area contributed by atoms with E-state index in [1.54, 1.807) is 62.5 Å². The van der Waals surface area contributed by atoms with Gasteiger partial charge in [0.15, 0.2) is 0 Å². The Bertz CT molecular complexity index is 1990. The number of nitrogens with zero attached hydrogens (tertiary/aromatic N) is 2. The molecule has 2 fully saturated rings. The van der Waals surface area contributed by atoms with Crippen LogP contribution in [0.3, 0.4) is 0 Å². The molecule has 4 N–H and O–H groups in total. The van der Waals surface area contributed by atoms with E-state index in [1.807, 2.05) is 26.0 Å². The second kappa shape index (κ2) is 15.0. The maximum atomic E-state index is 14.1. The Hall–Kier alpha value is -4.69. The first-order valence-electron chi connectivity index (χ1n) is 17.4. The Morgan fingerprint density at radius 3 is 2.68 bits per heavy atom. The fraction of sp³-hybridized carbons (Fsp3) is 0.436. The third kappa shape index (κ3) is 7.98. The van der Waals surface area contributed by atoms with Crippen LogP contribution in [0.5, 0.6) is 5.75 Å². The monoisotopic (exact) mass is 748 g/mol. The molecule has 3 aliphatic rings. The van der Waals surface area contributed by atoms with Crippen molar-refractivity contribution < 1.29 is 43.2 Å². The van der Waals surface area contributed by atoms with Crippen molar-refractivity contribution in [2.45, 2.75) is 82.1 Å². The van der Waals surface area contributed by atoms with Crippen molar-refractivity contribution in [2.24, 2.45) is 5.92 Å². The number of nitrogen functional groups attached to an aromatic ring is 1. The number of allylic oxidation sites excluding steroid dienone is 3. The summed E-state index contributed by atoms with van der Waals surface area (Å²) in [5.74, 6) is -0.696. The third-order valence-electron chi connectivity index (χ3n) is 10.4. The van der Waals surface area contributed by atoms with Crippen molar-refractivity contribution in [3.8, 4) is 5.75 Å². The lowest BCUT2D eigenvalue weighted by Gasteiger charge is -2.41. The number of hydrogen-bond acceptors (Lipinski definition) is 11. The van der Waals surface area contributed by atoms with Gasteiger partial charge in [-0.1, -0.05) is 42.3 Å². The number of ether oxygens (including phenoxy) is 5. The highest BCUT2D eigenvalue weighted by molar-refractivity contribution is 6.35. The van der Waals surface area contributed by atoms with E-state index < -0.39 is 59.5 Å². The second-order valence-electron chi connectivity index (χ2n) is 14.3. The summed E-state index contributed by atoms with van der Waals surface area (Å²) < 4.78 is 29.4. The molecule has 53 heavy (non-hydrogen) atoms. The quantitative estimate of drug-likeness (QED) is 0.219. The van der Waals surface area contributed by atoms with Crippen molar-refractivity contribution in [1.82, 2.24) is 4.98 Å². The smallest absolute Gasteiger partial charge is 0.412 e. The maximum Gasteiger partial charge on any atom is 0.412 e. The fourth-order valence-electron chi connectivity index (χ4n) is 7.35. The van der Waals surface area contributed by atoms with Crippen molar-refractivity contribution in [3.63, 3.8) is 0 Å². The molecule has 1 aromatic heterocycles. The number of halogens is 1. The Balaban J connectivity index is 1.36. The number of hydrogen-bond donors (Lipinski definition) is 3. The van der Waals surface area contributed by atoms with E-state index in [4.69, 9.17) is 41.0 Å². The summed E-state index contributed by atoms with van der Waals surface area (Å²) in [6, 6.07) is 12.2. The predicted octanol–water partition coefficient (Wildman–Crippen LogP) is 5.75. The lowest BCUT2D eigenvalue weighted by molar-refractivity contribution is -0.187. The van der Waals surface area contributed by atoms with Crippen LogP contribution in [-0.4, -0.2) is 84.9 Å². The molecule has 2 amide bonds. The van der Waals surface area contributed by atoms with Gasteiger partial charge in [0.25, 0.3) is 0 Å². The van der Waals surface area contributed by atoms with Gasteiger partial charge in [-0.15, -0.1) is 0 Å². The normalized spacial score (nSPS) is 30.8. The molecule has 3 aliphatic heterocycles. The van der Waals surface area contributed by atoms with Crippen LogP contribution in [0, 0.1) is 5.92 Å². The zero-order chi connectivity index (χ0) is 38.2. The average molecular weight is 749 g/mol. The van der Waals surface area contributed by atoms with E-state index >= 15 is 0 Å². The molecule has 3 aromatic rings. The lowest BCUT2D eigenvalue weighted by Crippen LogP contribution is -2.53. The second-order valence-corrected chi connectivity index (χ2v) is 14.7. The minimum absolute atomic E-state index is 0.0711. The van der Waals surface area contributed by atoms with Crippen LogP contribution < -0.4 is 20.7 Å². The number of methoxy groups -OCH3 is 2. The van der Waals surface area contributed by atoms with Gasteiger partial charge in [-0.25, -0.2) is 9.78 Å². The molecule has 0 radical (unpaired) electrons. The van der Waals surface area contributed by atoms with Crippen LogP contribution in [0.1, 0.15) is 45.6 Å². The van der Waals surface area contributed by atoms with Crippen LogP contribution >= 0.6 is 11.6 Å². The van der Waals surface area contributed by atoms with Gasteiger partial charge in [0.05, 0.1) is 37.3 Å². The van der Waals surface area contributed by atoms with Crippen LogP contribution in [0.4, 0.5) is 22.0 Å². The van der Waals surface area contributed by atoms with Gasteiger partial charge < -0.3 is 39.4 Å². The predicted molar refractivity (Wildman–Crippen MR) is 200 cm³/mol. The summed E-state index contributed by atoms with van der Waals surface area (Å²) >= 11 is 6.77. The van der Waals surface area contributed by atoms with Gasteiger partial charge in [-0.2, -0.15) is 0 Å². The SMILES string of the molecule is COc1cc2cc(c1Cl)N(C)C(=O)C[C@H](OC(=O)Nc1ccc3nc(N)ccc3c1)[C@]1(C)O[C@H]1[C@H](C)[C@@H]1C[C@@](O)(CC(=O)O1)[C@H](OC)/C=C/C=C(\C)C2. The summed E-state index contributed by atoms with van der Waals surface area (Å²) in [5, 5.41) is 15.6. The summed E-state index contributed by atoms with van der Waals surface area (Å²) in [6.45, 7) is 5.53. The summed E-state index contributed by atoms with van der Waals surface area (Å²) in [6.07, 6.45) is 1.30. The number of carbonyl (C=O) groups excluding carboxylic acids is 3. The number of epoxide rings is 1. The van der Waals surface area contributed by atoms with Gasteiger partial charge >= 0.3 is 12.1 Å². The van der Waals surface area contributed by atoms with Gasteiger partial charge in [-0.05, 0) is 68.3 Å². The highest BCUT2D eigenvalue weighted by Gasteiger charge is 2.64. The largest absolute Gasteiger partial charge is 0.495 e. The standard InChI is InChI=1S/C39H45ClN4O9/c1-21-8-7-9-30(50-6)39(48)19-29(51-34(46)20-39)22(2)36-38(3,53-36)31(18-33(45)44(4)27-15-23(14-21)16-28(49-5)35(27)40)52-37(47)42-25-11-12-26-24(17-25)10-13-32(41)43-26/h7-13,15-17,22,29-31,36,48H,14,18-20H2,1-6H3,(H2,41,43)(H,42,47)/b9-7+,21-8+/t22-,29+,30-,31+,36+,38+,39-/m1/s1. The molecule has 14 heteroatoms. The van der Waals surface area contributed by atoms with Crippen molar-refractivity contribution >= 4 is 57.7 Å². The minimum atomic E-state index is -1.57. The van der Waals surface area contributed by atoms with E-state index in [0.29, 0.717) is 34.9 Å². The minimum Gasteiger partial charge on any atom is -0.495 e. The lowest BCUT2D eigenvalue weighted by atomic mass is 9.78. The van der Waals surface area contributed by atoms with Gasteiger partial charge in [0.1, 0.15) is 46.1 Å². The zero-order valence-corrected chi connectivity index (χ0v) is 31.3. The van der Waals surface area contributed by atoms with Crippen molar-refractivity contribution in [1.29, 1.82) is 0 Å². The molecule has 13 nitrogen and oxygen atoms in total. The van der Waals surface area contributed by atoms with E-state index in [9.17, 15) is 19.5 Å². The van der Waals surface area contributed by atoms with Gasteiger partial charge in [-0.3, -0.25) is 14.9 Å². The molecule has 0 unspecified atom stereocenters. The molecule has 7 atom stereocenters. The molecule has 282 valence electrons. The number of amides is 2. The number of aromatic nitrogens is 1. The number of nitrogens with two attached hydrogens (primary N) is 1. The van der Waals surface area contributed by atoms with Crippen molar-refractivity contribution in [2.75, 3.05) is 37.2 Å². The van der Waals surface area contributed by atoms with Crippen LogP contribution in [0.2, 0.25) is 5.02 Å². The number of nitrogens with one attached hydrogen (secondary N) is 1.